The molecule has 15 nitrogen and oxygen atoms in total. The average molecular weight is 566 g/mol. The Morgan fingerprint density at radius 2 is 0.514 bits per heavy atom. The minimum Gasteiger partial charge on any atom is -0.504 e. The number of benzene rings is 3. The smallest absolute Gasteiger partial charge is 0.335 e. The number of carbonyl (C=O) groups is 3. The van der Waals surface area contributed by atoms with Gasteiger partial charge in [0.25, 0.3) is 0 Å². The van der Waals surface area contributed by atoms with Crippen LogP contribution in [0, 0.1) is 0 Å². The molecule has 0 unspecified atom stereocenters. The molecule has 0 bridgehead atoms. The number of carboxylic acids is 3. The summed E-state index contributed by atoms with van der Waals surface area (Å²) in [4.78, 5) is 30.9. The van der Waals surface area contributed by atoms with Crippen LogP contribution in [0.3, 0.4) is 0 Å². The van der Waals surface area contributed by atoms with Crippen molar-refractivity contribution >= 4 is 17.9 Å². The number of aromatic carboxylic acids is 3. The molecular weight excluding hydrogens is 548 g/mol. The summed E-state index contributed by atoms with van der Waals surface area (Å²) in [5, 5.41) is 105. The van der Waals surface area contributed by atoms with Crippen LogP contribution in [-0.4, -0.2) is 79.2 Å². The van der Waals surface area contributed by atoms with E-state index in [0.29, 0.717) is 0 Å². The van der Waals surface area contributed by atoms with Gasteiger partial charge in [-0.25, -0.2) is 14.4 Å². The summed E-state index contributed by atoms with van der Waals surface area (Å²) in [7, 11) is 0. The van der Waals surface area contributed by atoms with Crippen molar-refractivity contribution in [2.24, 2.45) is 0 Å². The molecule has 0 heterocycles. The van der Waals surface area contributed by atoms with E-state index in [9.17, 15) is 14.4 Å². The van der Waals surface area contributed by atoms with Crippen LogP contribution in [0.5, 0.6) is 51.7 Å². The Balaban J connectivity index is 0.000000518. The van der Waals surface area contributed by atoms with Crippen LogP contribution in [0.1, 0.15) is 31.1 Å². The molecule has 3 aromatic carbocycles. The van der Waals surface area contributed by atoms with Crippen molar-refractivity contribution in [2.45, 2.75) is 0 Å². The molecule has 0 aliphatic rings. The monoisotopic (exact) mass is 566 g/mol. The molecule has 0 radical (unpaired) electrons. The van der Waals surface area contributed by atoms with E-state index in [0.717, 1.165) is 36.4 Å². The van der Waals surface area contributed by atoms with E-state index in [1.807, 2.05) is 0 Å². The number of phenols is 9. The molecule has 3 aromatic rings. The number of carboxylic acid groups (broad SMARTS) is 3. The summed E-state index contributed by atoms with van der Waals surface area (Å²) < 4.78 is 0. The molecule has 200 valence electrons. The van der Waals surface area contributed by atoms with Gasteiger partial charge < -0.3 is 61.3 Å². The van der Waals surface area contributed by atoms with Crippen LogP contribution in [0.4, 0.5) is 0 Å². The van der Waals surface area contributed by atoms with Crippen molar-refractivity contribution in [2.75, 3.05) is 0 Å². The van der Waals surface area contributed by atoms with Crippen molar-refractivity contribution in [1.29, 1.82) is 0 Å². The van der Waals surface area contributed by atoms with Gasteiger partial charge in [-0.3, -0.25) is 0 Å². The third-order valence-corrected chi connectivity index (χ3v) is 3.95. The van der Waals surface area contributed by atoms with Crippen molar-refractivity contribution in [3.8, 4) is 51.7 Å². The van der Waals surface area contributed by atoms with Gasteiger partial charge >= 0.3 is 17.9 Å². The van der Waals surface area contributed by atoms with Crippen LogP contribution in [0.25, 0.3) is 0 Å². The molecule has 0 saturated heterocycles. The molecule has 0 aliphatic heterocycles. The number of rotatable bonds is 3. The summed E-state index contributed by atoms with van der Waals surface area (Å²) >= 11 is 0. The van der Waals surface area contributed by atoms with E-state index >= 15 is 0 Å². The summed E-state index contributed by atoms with van der Waals surface area (Å²) in [6, 6.07) is 5.07. The van der Waals surface area contributed by atoms with E-state index in [-0.39, 0.29) is 33.8 Å². The maximum absolute atomic E-state index is 10.3. The van der Waals surface area contributed by atoms with E-state index in [1.165, 1.54) is 0 Å². The molecule has 0 spiro atoms. The fourth-order valence-corrected chi connectivity index (χ4v) is 2.18. The Kier molecular flexibility index (Phi) is 11.2. The second-order valence-electron chi connectivity index (χ2n) is 6.50. The molecule has 0 amide bonds. The van der Waals surface area contributed by atoms with E-state index in [4.69, 9.17) is 61.3 Å². The van der Waals surface area contributed by atoms with E-state index in [1.54, 1.807) is 0 Å². The topological polar surface area (TPSA) is 294 Å². The molecule has 0 fully saturated rings. The van der Waals surface area contributed by atoms with Crippen LogP contribution >= 0.6 is 0 Å². The predicted octanol–water partition coefficient (Wildman–Crippen LogP) is 1.50. The standard InChI is InChI=1S/3C7H6O5.Fe/c3*8-4-1-3(7(11)12)2-5(9)6(4)10;/h3*1-2,8-10H,(H,11,12);. The van der Waals surface area contributed by atoms with Crippen molar-refractivity contribution in [3.63, 3.8) is 0 Å². The van der Waals surface area contributed by atoms with Crippen molar-refractivity contribution in [1.82, 2.24) is 0 Å². The Labute approximate surface area is 215 Å². The van der Waals surface area contributed by atoms with Crippen LogP contribution < -0.4 is 0 Å². The summed E-state index contributed by atoms with van der Waals surface area (Å²) in [6.07, 6.45) is 0. The first kappa shape index (κ1) is 31.8. The van der Waals surface area contributed by atoms with Crippen LogP contribution in [0.15, 0.2) is 36.4 Å². The van der Waals surface area contributed by atoms with E-state index < -0.39 is 69.7 Å². The Hall–Kier alpha value is -5.21. The number of hydrogen-bond acceptors (Lipinski definition) is 12. The first-order chi connectivity index (χ1) is 16.6. The summed E-state index contributed by atoms with van der Waals surface area (Å²) in [5.41, 5.74) is -0.867. The number of phenolic OH excluding ortho intramolecular Hbond substituents is 9. The van der Waals surface area contributed by atoms with Crippen LogP contribution in [-0.2, 0) is 17.1 Å². The normalized spacial score (nSPS) is 9.41. The zero-order valence-electron chi connectivity index (χ0n) is 17.9. The molecule has 12 N–H and O–H groups in total. The van der Waals surface area contributed by atoms with Gasteiger partial charge in [-0.2, -0.15) is 0 Å². The molecule has 0 atom stereocenters. The molecule has 3 rings (SSSR count). The number of hydrogen-bond donors (Lipinski definition) is 12. The third-order valence-electron chi connectivity index (χ3n) is 3.95. The SMILES string of the molecule is O=C(O)c1cc(O)c(O)c(O)c1.O=C(O)c1cc(O)c(O)c(O)c1.O=C(O)c1cc(O)c(O)c(O)c1.[Fe]. The van der Waals surface area contributed by atoms with Crippen molar-refractivity contribution in [3.05, 3.63) is 53.1 Å². The quantitative estimate of drug-likeness (QED) is 0.158. The average Bonchev–Trinajstić information content (AvgIpc) is 2.79. The third kappa shape index (κ3) is 8.50. The largest absolute Gasteiger partial charge is 0.504 e. The predicted molar refractivity (Wildman–Crippen MR) is 115 cm³/mol. The van der Waals surface area contributed by atoms with Crippen LogP contribution in [0.2, 0.25) is 0 Å². The maximum atomic E-state index is 10.3. The van der Waals surface area contributed by atoms with Gasteiger partial charge in [0.05, 0.1) is 16.7 Å². The minimum atomic E-state index is -1.29. The Bertz CT molecular complexity index is 1090. The van der Waals surface area contributed by atoms with E-state index in [2.05, 4.69) is 0 Å². The summed E-state index contributed by atoms with van der Waals surface area (Å²) in [5.74, 6) is -10.00. The summed E-state index contributed by atoms with van der Waals surface area (Å²) in [6.45, 7) is 0. The molecule has 0 aliphatic carbocycles. The van der Waals surface area contributed by atoms with Gasteiger partial charge in [-0.15, -0.1) is 0 Å². The first-order valence-electron chi connectivity index (χ1n) is 9.01. The van der Waals surface area contributed by atoms with Gasteiger partial charge in [0.15, 0.2) is 51.7 Å². The Morgan fingerprint density at radius 3 is 0.622 bits per heavy atom. The molecule has 16 heteroatoms. The Morgan fingerprint density at radius 1 is 0.378 bits per heavy atom. The minimum absolute atomic E-state index is 0. The van der Waals surface area contributed by atoms with Gasteiger partial charge in [0.1, 0.15) is 0 Å². The fourth-order valence-electron chi connectivity index (χ4n) is 2.18. The number of aromatic hydroxyl groups is 9. The maximum Gasteiger partial charge on any atom is 0.335 e. The molecule has 0 aromatic heterocycles. The van der Waals surface area contributed by atoms with Crippen molar-refractivity contribution < 1.29 is 92.7 Å². The first-order valence-corrected chi connectivity index (χ1v) is 9.01. The second kappa shape index (κ2) is 13.0. The van der Waals surface area contributed by atoms with Gasteiger partial charge in [-0.05, 0) is 36.4 Å². The molecule has 37 heavy (non-hydrogen) atoms. The van der Waals surface area contributed by atoms with Gasteiger partial charge in [0.2, 0.25) is 0 Å². The van der Waals surface area contributed by atoms with Gasteiger partial charge in [-0.1, -0.05) is 0 Å². The van der Waals surface area contributed by atoms with Gasteiger partial charge in [0, 0.05) is 17.1 Å². The molecule has 0 saturated carbocycles. The zero-order chi connectivity index (χ0) is 27.9. The fraction of sp³-hybridized carbons (Fsp3) is 0. The zero-order valence-corrected chi connectivity index (χ0v) is 19.0. The molecular formula is C21H18FeO15. The second-order valence-corrected chi connectivity index (χ2v) is 6.50.